The summed E-state index contributed by atoms with van der Waals surface area (Å²) < 4.78 is 6.45. The van der Waals surface area contributed by atoms with Crippen molar-refractivity contribution in [1.29, 1.82) is 0 Å². The number of carbonyl (C=O) groups is 1. The first kappa shape index (κ1) is 14.5. The number of nitrogens with zero attached hydrogens (tertiary/aromatic N) is 3. The van der Waals surface area contributed by atoms with Gasteiger partial charge in [0, 0.05) is 25.2 Å². The Labute approximate surface area is 117 Å². The minimum atomic E-state index is -0.357. The number of nitrogens with two attached hydrogens (primary N) is 1. The molecule has 1 heterocycles. The second-order valence-corrected chi connectivity index (χ2v) is 5.21. The molecule has 0 spiro atoms. The smallest absolute Gasteiger partial charge is 0.270 e. The number of rotatable bonds is 6. The van der Waals surface area contributed by atoms with Crippen molar-refractivity contribution in [1.82, 2.24) is 14.7 Å². The summed E-state index contributed by atoms with van der Waals surface area (Å²) in [7, 11) is 1.76. The van der Waals surface area contributed by atoms with Gasteiger partial charge in [-0.15, -0.1) is 0 Å². The lowest BCUT2D eigenvalue weighted by molar-refractivity contribution is -0.131. The van der Waals surface area contributed by atoms with Crippen LogP contribution in [0.1, 0.15) is 19.8 Å². The Morgan fingerprint density at radius 2 is 2.35 bits per heavy atom. The van der Waals surface area contributed by atoms with Crippen LogP contribution < -0.4 is 16.0 Å². The van der Waals surface area contributed by atoms with E-state index >= 15 is 0 Å². The molecule has 1 unspecified atom stereocenters. The minimum absolute atomic E-state index is 0.0423. The highest BCUT2D eigenvalue weighted by molar-refractivity contribution is 5.76. The minimum Gasteiger partial charge on any atom is -0.490 e. The lowest BCUT2D eigenvalue weighted by atomic mass is 10.4. The standard InChI is InChI=1S/C13H20N4O3/c1-9(14)8-20-11-5-12(18)17(15-6-11)7-13(19)16(2)10-3-4-10/h5-6,9-10H,3-4,7-8,14H2,1-2H3. The van der Waals surface area contributed by atoms with Gasteiger partial charge in [0.15, 0.2) is 0 Å². The van der Waals surface area contributed by atoms with Crippen LogP contribution in [0.3, 0.4) is 0 Å². The number of hydrogen-bond acceptors (Lipinski definition) is 5. The van der Waals surface area contributed by atoms with Gasteiger partial charge in [-0.05, 0) is 19.8 Å². The van der Waals surface area contributed by atoms with Crippen LogP contribution in [0.4, 0.5) is 0 Å². The van der Waals surface area contributed by atoms with Gasteiger partial charge in [0.2, 0.25) is 5.91 Å². The Kier molecular flexibility index (Phi) is 4.39. The highest BCUT2D eigenvalue weighted by Gasteiger charge is 2.29. The second kappa shape index (κ2) is 6.04. The normalized spacial score (nSPS) is 15.8. The first-order chi connectivity index (χ1) is 9.47. The van der Waals surface area contributed by atoms with Gasteiger partial charge in [-0.25, -0.2) is 4.68 Å². The molecule has 0 bridgehead atoms. The van der Waals surface area contributed by atoms with Crippen molar-refractivity contribution in [3.8, 4) is 5.75 Å². The first-order valence-electron chi connectivity index (χ1n) is 6.68. The molecular weight excluding hydrogens is 260 g/mol. The van der Waals surface area contributed by atoms with Crippen LogP contribution in [0.5, 0.6) is 5.75 Å². The third-order valence-corrected chi connectivity index (χ3v) is 3.13. The molecule has 7 heteroatoms. The highest BCUT2D eigenvalue weighted by Crippen LogP contribution is 2.25. The van der Waals surface area contributed by atoms with Crippen LogP contribution in [0, 0.1) is 0 Å². The van der Waals surface area contributed by atoms with E-state index in [1.54, 1.807) is 18.9 Å². The van der Waals surface area contributed by atoms with Gasteiger partial charge in [-0.3, -0.25) is 9.59 Å². The van der Waals surface area contributed by atoms with Crippen molar-refractivity contribution in [3.63, 3.8) is 0 Å². The zero-order valence-electron chi connectivity index (χ0n) is 11.8. The van der Waals surface area contributed by atoms with E-state index in [-0.39, 0.29) is 24.1 Å². The Balaban J connectivity index is 1.98. The van der Waals surface area contributed by atoms with Crippen molar-refractivity contribution in [2.75, 3.05) is 13.7 Å². The molecule has 1 saturated carbocycles. The molecule has 1 amide bonds. The predicted octanol–water partition coefficient (Wildman–Crippen LogP) is -0.410. The summed E-state index contributed by atoms with van der Waals surface area (Å²) in [6.07, 6.45) is 3.50. The molecular formula is C13H20N4O3. The molecule has 0 radical (unpaired) electrons. The third kappa shape index (κ3) is 3.80. The number of amides is 1. The van der Waals surface area contributed by atoms with Crippen LogP contribution in [0.25, 0.3) is 0 Å². The summed E-state index contributed by atoms with van der Waals surface area (Å²) in [4.78, 5) is 25.4. The van der Waals surface area contributed by atoms with Crippen LogP contribution in [-0.2, 0) is 11.3 Å². The van der Waals surface area contributed by atoms with Crippen molar-refractivity contribution >= 4 is 5.91 Å². The number of aromatic nitrogens is 2. The van der Waals surface area contributed by atoms with E-state index in [0.29, 0.717) is 18.4 Å². The molecule has 110 valence electrons. The average Bonchev–Trinajstić information content (AvgIpc) is 3.22. The fourth-order valence-electron chi connectivity index (χ4n) is 1.75. The molecule has 1 atom stereocenters. The van der Waals surface area contributed by atoms with Crippen molar-refractivity contribution in [2.24, 2.45) is 5.73 Å². The van der Waals surface area contributed by atoms with E-state index in [0.717, 1.165) is 17.5 Å². The fraction of sp³-hybridized carbons (Fsp3) is 0.615. The van der Waals surface area contributed by atoms with Crippen molar-refractivity contribution in [3.05, 3.63) is 22.6 Å². The monoisotopic (exact) mass is 280 g/mol. The molecule has 2 N–H and O–H groups in total. The van der Waals surface area contributed by atoms with Gasteiger partial charge in [0.25, 0.3) is 5.56 Å². The maximum absolute atomic E-state index is 11.9. The average molecular weight is 280 g/mol. The van der Waals surface area contributed by atoms with Crippen LogP contribution >= 0.6 is 0 Å². The largest absolute Gasteiger partial charge is 0.490 e. The molecule has 1 aromatic rings. The molecule has 0 saturated heterocycles. The maximum atomic E-state index is 11.9. The van der Waals surface area contributed by atoms with Crippen molar-refractivity contribution < 1.29 is 9.53 Å². The van der Waals surface area contributed by atoms with Gasteiger partial charge in [0.05, 0.1) is 6.20 Å². The Morgan fingerprint density at radius 1 is 1.65 bits per heavy atom. The second-order valence-electron chi connectivity index (χ2n) is 5.21. The SMILES string of the molecule is CC(N)COc1cnn(CC(=O)N(C)C2CC2)c(=O)c1. The predicted molar refractivity (Wildman–Crippen MR) is 73.4 cm³/mol. The van der Waals surface area contributed by atoms with E-state index < -0.39 is 0 Å². The van der Waals surface area contributed by atoms with Gasteiger partial charge in [-0.1, -0.05) is 0 Å². The van der Waals surface area contributed by atoms with E-state index in [1.807, 2.05) is 0 Å². The number of carbonyl (C=O) groups excluding carboxylic acids is 1. The van der Waals surface area contributed by atoms with Crippen LogP contribution in [0.2, 0.25) is 0 Å². The van der Waals surface area contributed by atoms with Crippen LogP contribution in [0.15, 0.2) is 17.1 Å². The topological polar surface area (TPSA) is 90.4 Å². The van der Waals surface area contributed by atoms with E-state index in [9.17, 15) is 9.59 Å². The molecule has 1 aliphatic carbocycles. The quantitative estimate of drug-likeness (QED) is 0.765. The summed E-state index contributed by atoms with van der Waals surface area (Å²) >= 11 is 0. The molecule has 1 aliphatic rings. The van der Waals surface area contributed by atoms with Gasteiger partial charge >= 0.3 is 0 Å². The summed E-state index contributed by atoms with van der Waals surface area (Å²) in [5.74, 6) is 0.262. The number of ether oxygens (including phenoxy) is 1. The van der Waals surface area contributed by atoms with E-state index in [4.69, 9.17) is 10.5 Å². The molecule has 1 fully saturated rings. The van der Waals surface area contributed by atoms with Crippen LogP contribution in [-0.4, -0.2) is 46.3 Å². The van der Waals surface area contributed by atoms with Gasteiger partial charge in [0.1, 0.15) is 18.9 Å². The van der Waals surface area contributed by atoms with E-state index in [2.05, 4.69) is 5.10 Å². The number of likely N-dealkylation sites (N-methyl/N-ethyl adjacent to an activating group) is 1. The fourth-order valence-corrected chi connectivity index (χ4v) is 1.75. The molecule has 7 nitrogen and oxygen atoms in total. The third-order valence-electron chi connectivity index (χ3n) is 3.13. The zero-order chi connectivity index (χ0) is 14.7. The lowest BCUT2D eigenvalue weighted by Gasteiger charge is -2.16. The zero-order valence-corrected chi connectivity index (χ0v) is 11.8. The molecule has 20 heavy (non-hydrogen) atoms. The summed E-state index contributed by atoms with van der Waals surface area (Å²) in [5, 5.41) is 3.95. The van der Waals surface area contributed by atoms with Gasteiger partial charge in [-0.2, -0.15) is 5.10 Å². The van der Waals surface area contributed by atoms with E-state index in [1.165, 1.54) is 12.3 Å². The Morgan fingerprint density at radius 3 is 2.90 bits per heavy atom. The summed E-state index contributed by atoms with van der Waals surface area (Å²) in [5.41, 5.74) is 5.21. The lowest BCUT2D eigenvalue weighted by Crippen LogP contribution is -2.36. The maximum Gasteiger partial charge on any atom is 0.270 e. The molecule has 1 aromatic heterocycles. The molecule has 0 aliphatic heterocycles. The summed E-state index contributed by atoms with van der Waals surface area (Å²) in [6.45, 7) is 2.08. The molecule has 2 rings (SSSR count). The highest BCUT2D eigenvalue weighted by atomic mass is 16.5. The van der Waals surface area contributed by atoms with Gasteiger partial charge < -0.3 is 15.4 Å². The summed E-state index contributed by atoms with van der Waals surface area (Å²) in [6, 6.07) is 1.53. The number of hydrogen-bond donors (Lipinski definition) is 1. The molecule has 0 aromatic carbocycles. The Hall–Kier alpha value is -1.89. The Bertz CT molecular complexity index is 537. The van der Waals surface area contributed by atoms with Crippen molar-refractivity contribution in [2.45, 2.75) is 38.4 Å². The first-order valence-corrected chi connectivity index (χ1v) is 6.68.